The minimum Gasteiger partial charge on any atom is -0.295 e. The number of aromatic nitrogens is 2. The van der Waals surface area contributed by atoms with Crippen LogP contribution in [0.2, 0.25) is 0 Å². The molecule has 1 aromatic heterocycles. The highest BCUT2D eigenvalue weighted by atomic mass is 16.1. The van der Waals surface area contributed by atoms with Crippen LogP contribution in [-0.2, 0) is 4.79 Å². The summed E-state index contributed by atoms with van der Waals surface area (Å²) in [6.45, 7) is 4.83. The summed E-state index contributed by atoms with van der Waals surface area (Å²) in [6.07, 6.45) is 18.5. The fourth-order valence-corrected chi connectivity index (χ4v) is 6.36. The monoisotopic (exact) mass is 346 g/mol. The maximum Gasteiger partial charge on any atom is 0.155 e. The lowest BCUT2D eigenvalue weighted by Gasteiger charge is -2.56. The van der Waals surface area contributed by atoms with E-state index in [9.17, 15) is 4.79 Å². The molecule has 134 valence electrons. The molecule has 0 spiro atoms. The van der Waals surface area contributed by atoms with E-state index in [1.807, 2.05) is 12.3 Å². The van der Waals surface area contributed by atoms with Crippen LogP contribution < -0.4 is 0 Å². The second kappa shape index (κ2) is 5.48. The fourth-order valence-electron chi connectivity index (χ4n) is 6.36. The van der Waals surface area contributed by atoms with Gasteiger partial charge in [0.15, 0.2) is 5.78 Å². The van der Waals surface area contributed by atoms with Crippen LogP contribution in [0.15, 0.2) is 48.0 Å². The molecule has 1 heterocycles. The van der Waals surface area contributed by atoms with Gasteiger partial charge in [-0.2, -0.15) is 0 Å². The van der Waals surface area contributed by atoms with Crippen molar-refractivity contribution in [3.8, 4) is 0 Å². The number of carbonyl (C=O) groups is 1. The average Bonchev–Trinajstić information content (AvgIpc) is 3.00. The molecule has 0 radical (unpaired) electrons. The summed E-state index contributed by atoms with van der Waals surface area (Å²) in [6, 6.07) is 0. The SMILES string of the molecule is CC12CCC3C(CCC4=CC(=O)CCC43C)C1=CC=C2c1cnccn1. The van der Waals surface area contributed by atoms with E-state index in [1.165, 1.54) is 30.4 Å². The van der Waals surface area contributed by atoms with Crippen LogP contribution >= 0.6 is 0 Å². The molecule has 3 nitrogen and oxygen atoms in total. The van der Waals surface area contributed by atoms with Crippen molar-refractivity contribution in [3.05, 3.63) is 53.7 Å². The summed E-state index contributed by atoms with van der Waals surface area (Å²) in [5, 5.41) is 0. The molecule has 0 aliphatic heterocycles. The van der Waals surface area contributed by atoms with Crippen molar-refractivity contribution in [3.63, 3.8) is 0 Å². The second-order valence-corrected chi connectivity index (χ2v) is 8.97. The zero-order valence-electron chi connectivity index (χ0n) is 15.7. The molecule has 4 atom stereocenters. The topological polar surface area (TPSA) is 42.9 Å². The van der Waals surface area contributed by atoms with Crippen LogP contribution in [0, 0.1) is 22.7 Å². The summed E-state index contributed by atoms with van der Waals surface area (Å²) < 4.78 is 0. The number of allylic oxidation sites excluding steroid dienone is 6. The lowest BCUT2D eigenvalue weighted by molar-refractivity contribution is -0.116. The summed E-state index contributed by atoms with van der Waals surface area (Å²) in [5.74, 6) is 1.64. The highest BCUT2D eigenvalue weighted by Gasteiger charge is 2.54. The molecule has 0 N–H and O–H groups in total. The maximum atomic E-state index is 11.9. The van der Waals surface area contributed by atoms with E-state index in [0.29, 0.717) is 17.6 Å². The molecule has 1 aromatic rings. The van der Waals surface area contributed by atoms with Gasteiger partial charge in [-0.25, -0.2) is 0 Å². The molecule has 2 saturated carbocycles. The van der Waals surface area contributed by atoms with Crippen molar-refractivity contribution >= 4 is 11.4 Å². The van der Waals surface area contributed by atoms with Gasteiger partial charge < -0.3 is 0 Å². The smallest absolute Gasteiger partial charge is 0.155 e. The quantitative estimate of drug-likeness (QED) is 0.725. The van der Waals surface area contributed by atoms with Gasteiger partial charge in [0.2, 0.25) is 0 Å². The maximum absolute atomic E-state index is 11.9. The lowest BCUT2D eigenvalue weighted by atomic mass is 9.48. The standard InChI is InChI=1S/C23H26N2O/c1-22-9-7-16(26)13-15(22)3-4-17-18-5-6-20(21-14-24-11-12-25-21)23(18,2)10-8-19(17)22/h5-6,11-14,17,19H,3-4,7-10H2,1-2H3. The molecule has 0 amide bonds. The van der Waals surface area contributed by atoms with Crippen LogP contribution in [0.3, 0.4) is 0 Å². The molecule has 3 heteroatoms. The number of ketones is 1. The van der Waals surface area contributed by atoms with Crippen molar-refractivity contribution in [1.29, 1.82) is 0 Å². The Bertz CT molecular complexity index is 865. The Morgan fingerprint density at radius 1 is 1.08 bits per heavy atom. The number of hydrogen-bond acceptors (Lipinski definition) is 3. The Balaban J connectivity index is 1.50. The molecule has 0 aromatic carbocycles. The van der Waals surface area contributed by atoms with E-state index in [-0.39, 0.29) is 10.8 Å². The fraction of sp³-hybridized carbons (Fsp3) is 0.522. The van der Waals surface area contributed by atoms with Crippen LogP contribution in [0.25, 0.3) is 5.57 Å². The number of hydrogen-bond donors (Lipinski definition) is 0. The molecular formula is C23H26N2O. The van der Waals surface area contributed by atoms with Crippen LogP contribution in [0.1, 0.15) is 58.1 Å². The Labute approximate surface area is 155 Å². The van der Waals surface area contributed by atoms with Crippen molar-refractivity contribution < 1.29 is 4.79 Å². The summed E-state index contributed by atoms with van der Waals surface area (Å²) in [7, 11) is 0. The van der Waals surface area contributed by atoms with Gasteiger partial charge in [0.05, 0.1) is 11.9 Å². The number of nitrogens with zero attached hydrogens (tertiary/aromatic N) is 2. The van der Waals surface area contributed by atoms with Gasteiger partial charge in [-0.3, -0.25) is 14.8 Å². The normalized spacial score (nSPS) is 38.5. The zero-order valence-corrected chi connectivity index (χ0v) is 15.7. The van der Waals surface area contributed by atoms with Gasteiger partial charge in [0, 0.05) is 24.2 Å². The predicted molar refractivity (Wildman–Crippen MR) is 102 cm³/mol. The van der Waals surface area contributed by atoms with E-state index in [1.54, 1.807) is 18.0 Å². The third-order valence-electron chi connectivity index (χ3n) is 7.84. The lowest BCUT2D eigenvalue weighted by Crippen LogP contribution is -2.47. The molecule has 2 fully saturated rings. The van der Waals surface area contributed by atoms with E-state index in [4.69, 9.17) is 0 Å². The minimum atomic E-state index is 0.0965. The first kappa shape index (κ1) is 16.2. The largest absolute Gasteiger partial charge is 0.295 e. The van der Waals surface area contributed by atoms with Gasteiger partial charge in [-0.15, -0.1) is 0 Å². The Morgan fingerprint density at radius 2 is 1.96 bits per heavy atom. The summed E-state index contributed by atoms with van der Waals surface area (Å²) in [4.78, 5) is 20.8. The van der Waals surface area contributed by atoms with E-state index < -0.39 is 0 Å². The summed E-state index contributed by atoms with van der Waals surface area (Å²) in [5.41, 5.74) is 5.70. The highest BCUT2D eigenvalue weighted by Crippen LogP contribution is 2.64. The number of fused-ring (bicyclic) bond motifs is 5. The molecule has 5 rings (SSSR count). The van der Waals surface area contributed by atoms with Gasteiger partial charge in [-0.1, -0.05) is 37.1 Å². The highest BCUT2D eigenvalue weighted by molar-refractivity contribution is 5.91. The van der Waals surface area contributed by atoms with Crippen molar-refractivity contribution in [2.24, 2.45) is 22.7 Å². The molecule has 4 aliphatic rings. The van der Waals surface area contributed by atoms with E-state index in [2.05, 4.69) is 36.0 Å². The molecular weight excluding hydrogens is 320 g/mol. The van der Waals surface area contributed by atoms with Gasteiger partial charge in [0.1, 0.15) is 0 Å². The molecule has 26 heavy (non-hydrogen) atoms. The Morgan fingerprint density at radius 3 is 2.77 bits per heavy atom. The number of carbonyl (C=O) groups excluding carboxylic acids is 1. The summed E-state index contributed by atoms with van der Waals surface area (Å²) >= 11 is 0. The van der Waals surface area contributed by atoms with Crippen LogP contribution in [0.5, 0.6) is 0 Å². The predicted octanol–water partition coefficient (Wildman–Crippen LogP) is 4.92. The Kier molecular flexibility index (Phi) is 3.41. The molecule has 4 unspecified atom stereocenters. The molecule has 0 saturated heterocycles. The van der Waals surface area contributed by atoms with Crippen molar-refractivity contribution in [2.75, 3.05) is 0 Å². The number of rotatable bonds is 1. The third kappa shape index (κ3) is 2.09. The Hall–Kier alpha value is -2.03. The second-order valence-electron chi connectivity index (χ2n) is 8.97. The average molecular weight is 346 g/mol. The minimum absolute atomic E-state index is 0.0965. The zero-order chi connectivity index (χ0) is 17.9. The van der Waals surface area contributed by atoms with Crippen LogP contribution in [-0.4, -0.2) is 15.8 Å². The van der Waals surface area contributed by atoms with Crippen LogP contribution in [0.4, 0.5) is 0 Å². The van der Waals surface area contributed by atoms with E-state index >= 15 is 0 Å². The van der Waals surface area contributed by atoms with E-state index in [0.717, 1.165) is 25.0 Å². The van der Waals surface area contributed by atoms with Gasteiger partial charge >= 0.3 is 0 Å². The van der Waals surface area contributed by atoms with Gasteiger partial charge in [-0.05, 0) is 61.0 Å². The molecule has 0 bridgehead atoms. The first-order valence-corrected chi connectivity index (χ1v) is 9.95. The molecule has 4 aliphatic carbocycles. The first-order chi connectivity index (χ1) is 12.5. The van der Waals surface area contributed by atoms with Crippen molar-refractivity contribution in [2.45, 2.75) is 52.4 Å². The third-order valence-corrected chi connectivity index (χ3v) is 7.84. The van der Waals surface area contributed by atoms with Crippen molar-refractivity contribution in [1.82, 2.24) is 9.97 Å². The van der Waals surface area contributed by atoms with Gasteiger partial charge in [0.25, 0.3) is 0 Å². The first-order valence-electron chi connectivity index (χ1n) is 9.95.